The van der Waals surface area contributed by atoms with Crippen LogP contribution >= 0.6 is 23.1 Å². The Morgan fingerprint density at radius 2 is 1.61 bits per heavy atom. The highest BCUT2D eigenvalue weighted by Crippen LogP contribution is 2.51. The third-order valence-corrected chi connectivity index (χ3v) is 7.17. The van der Waals surface area contributed by atoms with Gasteiger partial charge in [-0.15, -0.1) is 0 Å². The standard InChI is InChI=1S/C21H13NO4S2/c1-26-11-8-6-10(7-9-11)14-15-16(23)12-4-2-3-5-13(12)17(24)18(15)27-20-19(14)28-21(25)22-20/h2-9,14H,1H3,(H,22,25)/t14-/m1/s1. The number of carbonyl (C=O) groups is 2. The Balaban J connectivity index is 1.76. The fraction of sp³-hybridized carbons (Fsp3) is 0.0952. The molecule has 0 saturated carbocycles. The number of hydrogen-bond acceptors (Lipinski definition) is 6. The van der Waals surface area contributed by atoms with Crippen molar-refractivity contribution in [2.45, 2.75) is 10.9 Å². The molecule has 1 atom stereocenters. The molecule has 2 aliphatic rings. The topological polar surface area (TPSA) is 76.2 Å². The maximum absolute atomic E-state index is 13.4. The number of nitrogens with one attached hydrogen (secondary N) is 1. The van der Waals surface area contributed by atoms with E-state index in [1.54, 1.807) is 31.4 Å². The van der Waals surface area contributed by atoms with Gasteiger partial charge in [-0.1, -0.05) is 59.5 Å². The number of ether oxygens (including phenoxy) is 1. The van der Waals surface area contributed by atoms with Crippen molar-refractivity contribution in [2.75, 3.05) is 7.11 Å². The van der Waals surface area contributed by atoms with E-state index in [1.807, 2.05) is 24.3 Å². The van der Waals surface area contributed by atoms with Crippen LogP contribution in [0.15, 0.2) is 68.8 Å². The molecular weight excluding hydrogens is 394 g/mol. The molecule has 3 aromatic rings. The molecule has 0 fully saturated rings. The Bertz CT molecular complexity index is 1230. The van der Waals surface area contributed by atoms with Gasteiger partial charge >= 0.3 is 4.87 Å². The molecule has 28 heavy (non-hydrogen) atoms. The number of aromatic amines is 1. The fourth-order valence-corrected chi connectivity index (χ4v) is 5.95. The molecule has 0 spiro atoms. The number of methoxy groups -OCH3 is 1. The first-order chi connectivity index (χ1) is 13.6. The first-order valence-corrected chi connectivity index (χ1v) is 10.2. The van der Waals surface area contributed by atoms with Crippen molar-refractivity contribution in [1.29, 1.82) is 0 Å². The van der Waals surface area contributed by atoms with Crippen molar-refractivity contribution < 1.29 is 14.3 Å². The van der Waals surface area contributed by atoms with Gasteiger partial charge in [0.1, 0.15) is 5.75 Å². The van der Waals surface area contributed by atoms with Crippen molar-refractivity contribution in [3.05, 3.63) is 90.2 Å². The van der Waals surface area contributed by atoms with E-state index in [0.29, 0.717) is 32.4 Å². The molecule has 0 saturated heterocycles. The van der Waals surface area contributed by atoms with E-state index in [2.05, 4.69) is 4.98 Å². The SMILES string of the molecule is COc1ccc([C@@H]2C3=C(Sc4[nH]c(=O)sc42)C(=O)c2ccccc2C3=O)cc1. The lowest BCUT2D eigenvalue weighted by molar-refractivity contribution is 0.0977. The number of Topliss-reactive ketones (excluding diaryl/α,β-unsaturated/α-hetero) is 2. The zero-order valence-corrected chi connectivity index (χ0v) is 16.3. The quantitative estimate of drug-likeness (QED) is 0.694. The second kappa shape index (κ2) is 6.32. The lowest BCUT2D eigenvalue weighted by Crippen LogP contribution is -2.27. The van der Waals surface area contributed by atoms with Crippen molar-refractivity contribution in [1.82, 2.24) is 4.98 Å². The number of allylic oxidation sites excluding steroid dienone is 2. The first-order valence-electron chi connectivity index (χ1n) is 8.56. The molecule has 1 N–H and O–H groups in total. The zero-order chi connectivity index (χ0) is 19.4. The smallest absolute Gasteiger partial charge is 0.305 e. The molecule has 1 aromatic heterocycles. The van der Waals surface area contributed by atoms with Crippen LogP contribution in [-0.4, -0.2) is 23.7 Å². The monoisotopic (exact) mass is 407 g/mol. The number of benzene rings is 2. The van der Waals surface area contributed by atoms with Gasteiger partial charge in [0.2, 0.25) is 5.78 Å². The molecule has 2 aromatic carbocycles. The molecular formula is C21H13NO4S2. The summed E-state index contributed by atoms with van der Waals surface area (Å²) in [5.41, 5.74) is 2.11. The molecule has 0 unspecified atom stereocenters. The van der Waals surface area contributed by atoms with Gasteiger partial charge in [0.05, 0.1) is 27.8 Å². The number of carbonyl (C=O) groups excluding carboxylic acids is 2. The van der Waals surface area contributed by atoms with Gasteiger partial charge in [0.25, 0.3) is 0 Å². The summed E-state index contributed by atoms with van der Waals surface area (Å²) in [7, 11) is 1.59. The second-order valence-electron chi connectivity index (χ2n) is 6.46. The summed E-state index contributed by atoms with van der Waals surface area (Å²) in [6, 6.07) is 14.2. The molecule has 2 heterocycles. The van der Waals surface area contributed by atoms with Gasteiger partial charge in [-0.05, 0) is 17.7 Å². The van der Waals surface area contributed by atoms with Crippen LogP contribution in [0.1, 0.15) is 37.1 Å². The molecule has 1 aliphatic heterocycles. The number of ketones is 2. The summed E-state index contributed by atoms with van der Waals surface area (Å²) in [5.74, 6) is -0.107. The van der Waals surface area contributed by atoms with E-state index < -0.39 is 5.92 Å². The number of aromatic nitrogens is 1. The molecule has 1 aliphatic carbocycles. The minimum Gasteiger partial charge on any atom is -0.497 e. The Morgan fingerprint density at radius 3 is 2.29 bits per heavy atom. The summed E-state index contributed by atoms with van der Waals surface area (Å²) in [6.45, 7) is 0. The van der Waals surface area contributed by atoms with E-state index in [-0.39, 0.29) is 16.4 Å². The average Bonchev–Trinajstić information content (AvgIpc) is 3.10. The minimum atomic E-state index is -0.467. The minimum absolute atomic E-state index is 0.162. The normalized spacial score (nSPS) is 17.8. The van der Waals surface area contributed by atoms with Crippen LogP contribution in [0.3, 0.4) is 0 Å². The molecule has 138 valence electrons. The van der Waals surface area contributed by atoms with Crippen molar-refractivity contribution in [3.8, 4) is 5.75 Å². The Morgan fingerprint density at radius 1 is 0.929 bits per heavy atom. The second-order valence-corrected chi connectivity index (χ2v) is 8.50. The largest absolute Gasteiger partial charge is 0.497 e. The van der Waals surface area contributed by atoms with E-state index in [1.165, 1.54) is 11.8 Å². The van der Waals surface area contributed by atoms with Gasteiger partial charge in [-0.2, -0.15) is 0 Å². The van der Waals surface area contributed by atoms with Crippen LogP contribution in [-0.2, 0) is 0 Å². The van der Waals surface area contributed by atoms with Gasteiger partial charge < -0.3 is 9.72 Å². The van der Waals surface area contributed by atoms with Gasteiger partial charge in [-0.3, -0.25) is 14.4 Å². The van der Waals surface area contributed by atoms with Gasteiger partial charge in [0, 0.05) is 16.7 Å². The van der Waals surface area contributed by atoms with Crippen LogP contribution in [0.4, 0.5) is 0 Å². The lowest BCUT2D eigenvalue weighted by Gasteiger charge is -2.30. The third kappa shape index (κ3) is 2.43. The molecule has 0 bridgehead atoms. The van der Waals surface area contributed by atoms with E-state index in [9.17, 15) is 14.4 Å². The van der Waals surface area contributed by atoms with Crippen LogP contribution in [0.2, 0.25) is 0 Å². The van der Waals surface area contributed by atoms with Gasteiger partial charge in [0.15, 0.2) is 5.78 Å². The van der Waals surface area contributed by atoms with Crippen LogP contribution in [0.5, 0.6) is 5.75 Å². The van der Waals surface area contributed by atoms with E-state index in [0.717, 1.165) is 21.8 Å². The van der Waals surface area contributed by atoms with Crippen molar-refractivity contribution in [2.24, 2.45) is 0 Å². The summed E-state index contributed by atoms with van der Waals surface area (Å²) in [6.07, 6.45) is 0. The maximum Gasteiger partial charge on any atom is 0.305 e. The molecule has 0 amide bonds. The highest BCUT2D eigenvalue weighted by Gasteiger charge is 2.42. The number of rotatable bonds is 2. The average molecular weight is 407 g/mol. The first kappa shape index (κ1) is 17.2. The molecule has 0 radical (unpaired) electrons. The zero-order valence-electron chi connectivity index (χ0n) is 14.6. The Hall–Kier alpha value is -2.90. The van der Waals surface area contributed by atoms with E-state index in [4.69, 9.17) is 4.74 Å². The molecule has 5 rings (SSSR count). The van der Waals surface area contributed by atoms with E-state index >= 15 is 0 Å². The summed E-state index contributed by atoms with van der Waals surface area (Å²) in [5, 5.41) is 0.634. The van der Waals surface area contributed by atoms with Crippen LogP contribution in [0.25, 0.3) is 0 Å². The highest BCUT2D eigenvalue weighted by molar-refractivity contribution is 8.04. The molecule has 7 heteroatoms. The summed E-state index contributed by atoms with van der Waals surface area (Å²) >= 11 is 2.27. The number of thiazole rings is 1. The number of fused-ring (bicyclic) bond motifs is 2. The van der Waals surface area contributed by atoms with Crippen molar-refractivity contribution in [3.63, 3.8) is 0 Å². The van der Waals surface area contributed by atoms with Crippen molar-refractivity contribution >= 4 is 34.7 Å². The fourth-order valence-electron chi connectivity index (χ4n) is 3.67. The number of hydrogen-bond donors (Lipinski definition) is 1. The lowest BCUT2D eigenvalue weighted by atomic mass is 9.79. The highest BCUT2D eigenvalue weighted by atomic mass is 32.2. The number of H-pyrrole nitrogens is 1. The van der Waals surface area contributed by atoms with Gasteiger partial charge in [-0.25, -0.2) is 0 Å². The predicted octanol–water partition coefficient (Wildman–Crippen LogP) is 4.02. The Kier molecular flexibility index (Phi) is 3.89. The third-order valence-electron chi connectivity index (χ3n) is 4.96. The number of thioether (sulfide) groups is 1. The Labute approximate surface area is 168 Å². The summed E-state index contributed by atoms with van der Waals surface area (Å²) < 4.78 is 5.23. The summed E-state index contributed by atoms with van der Waals surface area (Å²) in [4.78, 5) is 42.4. The molecule has 5 nitrogen and oxygen atoms in total. The predicted molar refractivity (Wildman–Crippen MR) is 108 cm³/mol. The van der Waals surface area contributed by atoms with Crippen LogP contribution in [0, 0.1) is 0 Å². The maximum atomic E-state index is 13.4. The van der Waals surface area contributed by atoms with Crippen LogP contribution < -0.4 is 9.61 Å².